The number of carbonyl (C=O) groups is 2. The number of esters is 1. The van der Waals surface area contributed by atoms with Gasteiger partial charge in [0.1, 0.15) is 17.6 Å². The number of ether oxygens (including phenoxy) is 1. The molecule has 1 amide bonds. The van der Waals surface area contributed by atoms with Crippen molar-refractivity contribution in [1.29, 1.82) is 0 Å². The minimum absolute atomic E-state index is 0.0218. The Morgan fingerprint density at radius 1 is 1.12 bits per heavy atom. The number of hydrogen-bond donors (Lipinski definition) is 0. The van der Waals surface area contributed by atoms with E-state index in [9.17, 15) is 36.7 Å². The van der Waals surface area contributed by atoms with Crippen molar-refractivity contribution in [2.75, 3.05) is 12.9 Å². The van der Waals surface area contributed by atoms with Gasteiger partial charge in [0.05, 0.1) is 29.3 Å². The third-order valence-electron chi connectivity index (χ3n) is 6.01. The summed E-state index contributed by atoms with van der Waals surface area (Å²) in [7, 11) is 1.93. The summed E-state index contributed by atoms with van der Waals surface area (Å²) in [4.78, 5) is 56.2. The van der Waals surface area contributed by atoms with E-state index in [0.717, 1.165) is 43.0 Å². The average Bonchev–Trinajstić information content (AvgIpc) is 3.26. The quantitative estimate of drug-likeness (QED) is 0.296. The summed E-state index contributed by atoms with van der Waals surface area (Å²) in [6.07, 6.45) is -4.99. The molecule has 1 aliphatic rings. The molecule has 0 spiro atoms. The minimum Gasteiger partial charge on any atom is -0.467 e. The molecule has 9 nitrogen and oxygen atoms in total. The van der Waals surface area contributed by atoms with Gasteiger partial charge >= 0.3 is 17.8 Å². The van der Waals surface area contributed by atoms with E-state index in [0.29, 0.717) is 10.6 Å². The van der Waals surface area contributed by atoms with Gasteiger partial charge in [0.15, 0.2) is 5.17 Å². The fourth-order valence-corrected chi connectivity index (χ4v) is 5.27. The van der Waals surface area contributed by atoms with Crippen LogP contribution >= 0.6 is 35.0 Å². The number of methoxy groups -OCH3 is 1. The van der Waals surface area contributed by atoms with E-state index in [2.05, 4.69) is 4.99 Å². The van der Waals surface area contributed by atoms with E-state index >= 15 is 0 Å². The Morgan fingerprint density at radius 2 is 1.78 bits per heavy atom. The number of aliphatic imine (C=N–C) groups is 1. The molecule has 4 rings (SSSR count). The fourth-order valence-electron chi connectivity index (χ4n) is 4.03. The molecule has 0 aliphatic carbocycles. The number of alkyl halides is 3. The summed E-state index contributed by atoms with van der Waals surface area (Å²) < 4.78 is 59.9. The van der Waals surface area contributed by atoms with E-state index in [-0.39, 0.29) is 43.3 Å². The highest BCUT2D eigenvalue weighted by molar-refractivity contribution is 8.15. The van der Waals surface area contributed by atoms with Gasteiger partial charge in [0.2, 0.25) is 5.91 Å². The molecule has 0 saturated carbocycles. The lowest BCUT2D eigenvalue weighted by Crippen LogP contribution is -2.46. The molecule has 2 aromatic carbocycles. The Hall–Kier alpha value is -3.62. The maximum Gasteiger partial charge on any atom is 0.431 e. The van der Waals surface area contributed by atoms with Crippen LogP contribution in [0.15, 0.2) is 57.0 Å². The van der Waals surface area contributed by atoms with Gasteiger partial charge in [0, 0.05) is 24.6 Å². The smallest absolute Gasteiger partial charge is 0.431 e. The lowest BCUT2D eigenvalue weighted by Gasteiger charge is -2.25. The molecule has 1 unspecified atom stereocenters. The highest BCUT2D eigenvalue weighted by Gasteiger charge is 2.39. The standard InChI is InChI=1S/C25H18Cl2F4N4O5S/c1-33-19(25(29,30)31)10-20(36)35(24(33)39)17-9-16(14(27)8-15(17)28)32-23-34(21(37)11-41-23)18(22(38)40-2)7-12-3-5-13(26)6-4-12/h3-6,8-10,18H,7,11H2,1-2H3. The number of hydrogen-bond acceptors (Lipinski definition) is 7. The number of nitrogens with zero attached hydrogens (tertiary/aromatic N) is 4. The van der Waals surface area contributed by atoms with Gasteiger partial charge in [-0.2, -0.15) is 13.2 Å². The first-order valence-electron chi connectivity index (χ1n) is 11.5. The molecule has 1 aromatic heterocycles. The number of thioether (sulfide) groups is 1. The number of rotatable bonds is 6. The Morgan fingerprint density at radius 3 is 2.39 bits per heavy atom. The maximum atomic E-state index is 14.9. The molecule has 1 fully saturated rings. The summed E-state index contributed by atoms with van der Waals surface area (Å²) in [6, 6.07) is 7.13. The van der Waals surface area contributed by atoms with Crippen LogP contribution < -0.4 is 11.2 Å². The third kappa shape index (κ3) is 6.19. The van der Waals surface area contributed by atoms with E-state index in [1.54, 1.807) is 24.3 Å². The van der Waals surface area contributed by atoms with Gasteiger partial charge in [0.25, 0.3) is 5.56 Å². The fraction of sp³-hybridized carbons (Fsp3) is 0.240. The normalized spacial score (nSPS) is 15.5. The van der Waals surface area contributed by atoms with Gasteiger partial charge < -0.3 is 4.74 Å². The van der Waals surface area contributed by atoms with Crippen molar-refractivity contribution in [3.8, 4) is 5.69 Å². The molecule has 216 valence electrons. The van der Waals surface area contributed by atoms with Crippen molar-refractivity contribution in [2.24, 2.45) is 12.0 Å². The SMILES string of the molecule is COC(=O)C(Cc1ccc(Cl)cc1)N1C(=O)CSC1=Nc1cc(-n2c(=O)cc(C(F)(F)F)n(C)c2=O)c(F)cc1Cl. The average molecular weight is 633 g/mol. The van der Waals surface area contributed by atoms with Gasteiger partial charge in [-0.15, -0.1) is 0 Å². The lowest BCUT2D eigenvalue weighted by molar-refractivity contribution is -0.148. The van der Waals surface area contributed by atoms with Crippen molar-refractivity contribution < 1.29 is 31.9 Å². The second-order valence-corrected chi connectivity index (χ2v) is 10.4. The molecule has 1 aliphatic heterocycles. The molecule has 2 heterocycles. The largest absolute Gasteiger partial charge is 0.467 e. The first kappa shape index (κ1) is 30.3. The maximum absolute atomic E-state index is 14.9. The van der Waals surface area contributed by atoms with Crippen molar-refractivity contribution in [2.45, 2.75) is 18.6 Å². The van der Waals surface area contributed by atoms with Crippen LogP contribution in [0, 0.1) is 5.82 Å². The second kappa shape index (κ2) is 11.7. The Kier molecular flexibility index (Phi) is 8.66. The van der Waals surface area contributed by atoms with E-state index in [1.807, 2.05) is 0 Å². The number of carbonyl (C=O) groups excluding carboxylic acids is 2. The number of halogens is 6. The zero-order valence-corrected chi connectivity index (χ0v) is 23.4. The van der Waals surface area contributed by atoms with Crippen molar-refractivity contribution >= 4 is 57.7 Å². The summed E-state index contributed by atoms with van der Waals surface area (Å²) in [5, 5.41) is 0.136. The number of aromatic nitrogens is 2. The molecule has 0 bridgehead atoms. The molecular formula is C25H18Cl2F4N4O5S. The topological polar surface area (TPSA) is 103 Å². The van der Waals surface area contributed by atoms with Crippen molar-refractivity contribution in [3.63, 3.8) is 0 Å². The van der Waals surface area contributed by atoms with Crippen LogP contribution in [-0.4, -0.2) is 50.0 Å². The van der Waals surface area contributed by atoms with Crippen LogP contribution in [-0.2, 0) is 34.0 Å². The summed E-state index contributed by atoms with van der Waals surface area (Å²) >= 11 is 13.0. The minimum atomic E-state index is -5.01. The van der Waals surface area contributed by atoms with Crippen LogP contribution in [0.3, 0.4) is 0 Å². The predicted molar refractivity (Wildman–Crippen MR) is 145 cm³/mol. The molecule has 3 aromatic rings. The first-order valence-corrected chi connectivity index (χ1v) is 13.2. The van der Waals surface area contributed by atoms with Crippen LogP contribution in [0.4, 0.5) is 23.2 Å². The van der Waals surface area contributed by atoms with Gasteiger partial charge in [-0.3, -0.25) is 19.1 Å². The zero-order chi connectivity index (χ0) is 30.2. The lowest BCUT2D eigenvalue weighted by atomic mass is 10.0. The predicted octanol–water partition coefficient (Wildman–Crippen LogP) is 4.35. The molecular weight excluding hydrogens is 615 g/mol. The second-order valence-electron chi connectivity index (χ2n) is 8.61. The first-order chi connectivity index (χ1) is 19.2. The zero-order valence-electron chi connectivity index (χ0n) is 21.0. The van der Waals surface area contributed by atoms with E-state index < -0.39 is 52.5 Å². The summed E-state index contributed by atoms with van der Waals surface area (Å²) in [5.41, 5.74) is -4.74. The summed E-state index contributed by atoms with van der Waals surface area (Å²) in [5.74, 6) is -2.56. The Labute approximate surface area is 242 Å². The highest BCUT2D eigenvalue weighted by Crippen LogP contribution is 2.34. The van der Waals surface area contributed by atoms with E-state index in [4.69, 9.17) is 27.9 Å². The highest BCUT2D eigenvalue weighted by atomic mass is 35.5. The van der Waals surface area contributed by atoms with Crippen molar-refractivity contribution in [3.05, 3.63) is 90.4 Å². The molecule has 1 saturated heterocycles. The molecule has 0 radical (unpaired) electrons. The van der Waals surface area contributed by atoms with E-state index in [1.165, 1.54) is 0 Å². The van der Waals surface area contributed by atoms with Crippen LogP contribution in [0.5, 0.6) is 0 Å². The molecule has 0 N–H and O–H groups in total. The molecule has 16 heteroatoms. The van der Waals surface area contributed by atoms with Crippen LogP contribution in [0.25, 0.3) is 5.69 Å². The summed E-state index contributed by atoms with van der Waals surface area (Å²) in [6.45, 7) is 0. The number of benzene rings is 2. The van der Waals surface area contributed by atoms with Gasteiger partial charge in [-0.05, 0) is 29.8 Å². The van der Waals surface area contributed by atoms with Crippen LogP contribution in [0.1, 0.15) is 11.3 Å². The Bertz CT molecular complexity index is 1690. The third-order valence-corrected chi connectivity index (χ3v) is 7.50. The Balaban J connectivity index is 1.82. The van der Waals surface area contributed by atoms with Crippen molar-refractivity contribution in [1.82, 2.24) is 14.0 Å². The van der Waals surface area contributed by atoms with Crippen LogP contribution in [0.2, 0.25) is 10.0 Å². The molecule has 1 atom stereocenters. The number of amides is 1. The van der Waals surface area contributed by atoms with Gasteiger partial charge in [-0.1, -0.05) is 47.1 Å². The number of amidine groups is 1. The monoisotopic (exact) mass is 632 g/mol. The van der Waals surface area contributed by atoms with Gasteiger partial charge in [-0.25, -0.2) is 23.5 Å². The molecule has 41 heavy (non-hydrogen) atoms.